The Balaban J connectivity index is 0.00000147. The normalized spacial score (nSPS) is 20.7. The van der Waals surface area contributed by atoms with Crippen LogP contribution in [0.15, 0.2) is 42.5 Å². The van der Waals surface area contributed by atoms with E-state index in [1.807, 2.05) is 24.3 Å². The van der Waals surface area contributed by atoms with Gasteiger partial charge in [0.1, 0.15) is 6.04 Å². The van der Waals surface area contributed by atoms with Gasteiger partial charge in [-0.1, -0.05) is 36.4 Å². The summed E-state index contributed by atoms with van der Waals surface area (Å²) in [5.74, 6) is -3.11. The smallest absolute Gasteiger partial charge is 0.408 e. The summed E-state index contributed by atoms with van der Waals surface area (Å²) >= 11 is 0. The van der Waals surface area contributed by atoms with Crippen molar-refractivity contribution in [3.63, 3.8) is 0 Å². The van der Waals surface area contributed by atoms with Gasteiger partial charge in [0.2, 0.25) is 0 Å². The number of rotatable bonds is 1. The average Bonchev–Trinajstić information content (AvgIpc) is 2.41. The van der Waals surface area contributed by atoms with E-state index in [-0.39, 0.29) is 12.4 Å². The van der Waals surface area contributed by atoms with Gasteiger partial charge in [-0.05, 0) is 22.4 Å². The van der Waals surface area contributed by atoms with E-state index in [0.29, 0.717) is 5.56 Å². The van der Waals surface area contributed by atoms with Crippen molar-refractivity contribution in [2.24, 2.45) is 0 Å². The summed E-state index contributed by atoms with van der Waals surface area (Å²) in [6.45, 7) is -0.893. The Morgan fingerprint density at radius 3 is 2.60 bits per heavy atom. The van der Waals surface area contributed by atoms with Gasteiger partial charge in [0.25, 0.3) is 0 Å². The number of nitrogens with one attached hydrogen (secondary N) is 1. The molecule has 1 atom stereocenters. The molecule has 6 heteroatoms. The predicted molar refractivity (Wildman–Crippen MR) is 73.4 cm³/mol. The summed E-state index contributed by atoms with van der Waals surface area (Å²) in [7, 11) is 0. The average molecular weight is 300 g/mol. The minimum absolute atomic E-state index is 0. The highest BCUT2D eigenvalue weighted by molar-refractivity contribution is 5.85. The molecule has 2 aromatic rings. The monoisotopic (exact) mass is 299 g/mol. The van der Waals surface area contributed by atoms with Crippen molar-refractivity contribution in [2.45, 2.75) is 12.0 Å². The van der Waals surface area contributed by atoms with E-state index in [9.17, 15) is 13.6 Å². The van der Waals surface area contributed by atoms with E-state index in [1.165, 1.54) is 0 Å². The minimum atomic E-state index is -3.11. The summed E-state index contributed by atoms with van der Waals surface area (Å²) in [5, 5.41) is 4.00. The molecule has 0 bridgehead atoms. The molecule has 0 unspecified atom stereocenters. The number of fused-ring (bicyclic) bond motifs is 1. The molecule has 2 aromatic carbocycles. The molecule has 106 valence electrons. The number of alkyl halides is 2. The molecule has 1 aliphatic heterocycles. The number of cyclic esters (lactones) is 1. The Labute approximate surface area is 120 Å². The summed E-state index contributed by atoms with van der Waals surface area (Å²) < 4.78 is 31.9. The van der Waals surface area contributed by atoms with Gasteiger partial charge >= 0.3 is 12.0 Å². The molecule has 0 aliphatic carbocycles. The predicted octanol–water partition coefficient (Wildman–Crippen LogP) is 3.68. The van der Waals surface area contributed by atoms with Crippen molar-refractivity contribution >= 4 is 29.3 Å². The van der Waals surface area contributed by atoms with Crippen LogP contribution in [0.4, 0.5) is 13.6 Å². The Kier molecular flexibility index (Phi) is 3.81. The molecule has 1 fully saturated rings. The second-order valence-corrected chi connectivity index (χ2v) is 4.52. The van der Waals surface area contributed by atoms with E-state index in [4.69, 9.17) is 0 Å². The number of benzene rings is 2. The third kappa shape index (κ3) is 2.54. The number of carbonyl (C=O) groups is 1. The number of halogens is 3. The van der Waals surface area contributed by atoms with Crippen molar-refractivity contribution in [1.82, 2.24) is 5.32 Å². The van der Waals surface area contributed by atoms with Crippen LogP contribution in [0.25, 0.3) is 10.8 Å². The van der Waals surface area contributed by atoms with E-state index in [1.54, 1.807) is 18.2 Å². The fraction of sp³-hybridized carbons (Fsp3) is 0.214. The summed E-state index contributed by atoms with van der Waals surface area (Å²) in [5.41, 5.74) is 0.375. The van der Waals surface area contributed by atoms with Crippen molar-refractivity contribution < 1.29 is 18.3 Å². The largest absolute Gasteiger partial charge is 0.443 e. The highest BCUT2D eigenvalue weighted by Gasteiger charge is 2.46. The molecular formula is C14H12ClF2NO2. The Bertz CT molecular complexity index is 648. The third-order valence-corrected chi connectivity index (χ3v) is 3.19. The molecule has 0 spiro atoms. The standard InChI is InChI=1S/C14H11F2NO2.ClH/c15-14(16)8-19-13(18)17-12(14)11-6-5-9-3-1-2-4-10(9)7-11;/h1-7,12H,8H2,(H,17,18);1H/t12-;/m0./s1. The fourth-order valence-corrected chi connectivity index (χ4v) is 2.22. The van der Waals surface area contributed by atoms with Gasteiger partial charge in [-0.25, -0.2) is 13.6 Å². The van der Waals surface area contributed by atoms with E-state index in [0.717, 1.165) is 10.8 Å². The molecular weight excluding hydrogens is 288 g/mol. The van der Waals surface area contributed by atoms with Crippen molar-refractivity contribution in [1.29, 1.82) is 0 Å². The molecule has 3 rings (SSSR count). The zero-order valence-electron chi connectivity index (χ0n) is 10.3. The lowest BCUT2D eigenvalue weighted by Gasteiger charge is -2.31. The number of hydrogen-bond acceptors (Lipinski definition) is 2. The van der Waals surface area contributed by atoms with Crippen LogP contribution in [0.2, 0.25) is 0 Å². The minimum Gasteiger partial charge on any atom is -0.443 e. The lowest BCUT2D eigenvalue weighted by atomic mass is 9.97. The molecule has 3 nitrogen and oxygen atoms in total. The van der Waals surface area contributed by atoms with Gasteiger partial charge in [0, 0.05) is 0 Å². The second kappa shape index (κ2) is 5.25. The van der Waals surface area contributed by atoms with Gasteiger partial charge in [-0.3, -0.25) is 0 Å². The summed E-state index contributed by atoms with van der Waals surface area (Å²) in [4.78, 5) is 11.1. The first-order valence-electron chi connectivity index (χ1n) is 5.86. The van der Waals surface area contributed by atoms with Gasteiger partial charge in [-0.2, -0.15) is 0 Å². The molecule has 1 heterocycles. The van der Waals surface area contributed by atoms with Crippen molar-refractivity contribution in [3.8, 4) is 0 Å². The SMILES string of the molecule is Cl.O=C1N[C@@H](c2ccc3ccccc3c2)C(F)(F)CO1. The zero-order chi connectivity index (χ0) is 13.5. The topological polar surface area (TPSA) is 38.3 Å². The zero-order valence-corrected chi connectivity index (χ0v) is 11.1. The van der Waals surface area contributed by atoms with E-state index in [2.05, 4.69) is 10.1 Å². The molecule has 1 amide bonds. The lowest BCUT2D eigenvalue weighted by Crippen LogP contribution is -2.49. The molecule has 1 N–H and O–H groups in total. The van der Waals surface area contributed by atoms with Crippen LogP contribution < -0.4 is 5.32 Å². The summed E-state index contributed by atoms with van der Waals surface area (Å²) in [6.07, 6.45) is -0.816. The van der Waals surface area contributed by atoms with Crippen molar-refractivity contribution in [3.05, 3.63) is 48.0 Å². The molecule has 0 aromatic heterocycles. The van der Waals surface area contributed by atoms with Crippen LogP contribution in [0.5, 0.6) is 0 Å². The number of hydrogen-bond donors (Lipinski definition) is 1. The van der Waals surface area contributed by atoms with Gasteiger partial charge in [0.15, 0.2) is 6.61 Å². The number of alkyl carbamates (subject to hydrolysis) is 1. The van der Waals surface area contributed by atoms with Crippen LogP contribution >= 0.6 is 12.4 Å². The maximum atomic E-state index is 13.8. The van der Waals surface area contributed by atoms with Gasteiger partial charge in [-0.15, -0.1) is 12.4 Å². The Hall–Kier alpha value is -1.88. The highest BCUT2D eigenvalue weighted by atomic mass is 35.5. The number of ether oxygens (including phenoxy) is 1. The van der Waals surface area contributed by atoms with Crippen LogP contribution in [0.3, 0.4) is 0 Å². The number of amides is 1. The first kappa shape index (κ1) is 14.5. The maximum absolute atomic E-state index is 13.8. The first-order chi connectivity index (χ1) is 9.06. The van der Waals surface area contributed by atoms with E-state index < -0.39 is 24.7 Å². The van der Waals surface area contributed by atoms with E-state index >= 15 is 0 Å². The highest BCUT2D eigenvalue weighted by Crippen LogP contribution is 2.35. The van der Waals surface area contributed by atoms with Crippen LogP contribution in [-0.2, 0) is 4.74 Å². The molecule has 0 saturated carbocycles. The molecule has 1 aliphatic rings. The Morgan fingerprint density at radius 2 is 1.85 bits per heavy atom. The molecule has 0 radical (unpaired) electrons. The van der Waals surface area contributed by atoms with Crippen LogP contribution in [0.1, 0.15) is 11.6 Å². The fourth-order valence-electron chi connectivity index (χ4n) is 2.22. The second-order valence-electron chi connectivity index (χ2n) is 4.52. The van der Waals surface area contributed by atoms with Crippen molar-refractivity contribution in [2.75, 3.05) is 6.61 Å². The van der Waals surface area contributed by atoms with Crippen LogP contribution in [-0.4, -0.2) is 18.6 Å². The molecule has 1 saturated heterocycles. The van der Waals surface area contributed by atoms with Gasteiger partial charge < -0.3 is 10.1 Å². The maximum Gasteiger partial charge on any atom is 0.408 e. The third-order valence-electron chi connectivity index (χ3n) is 3.19. The number of carbonyl (C=O) groups excluding carboxylic acids is 1. The van der Waals surface area contributed by atoms with Gasteiger partial charge in [0.05, 0.1) is 0 Å². The molecule has 20 heavy (non-hydrogen) atoms. The quantitative estimate of drug-likeness (QED) is 0.872. The summed E-state index contributed by atoms with van der Waals surface area (Å²) in [6, 6.07) is 11.2. The lowest BCUT2D eigenvalue weighted by molar-refractivity contribution is -0.104. The van der Waals surface area contributed by atoms with Crippen LogP contribution in [0, 0.1) is 0 Å². The first-order valence-corrected chi connectivity index (χ1v) is 5.86. The Morgan fingerprint density at radius 1 is 1.15 bits per heavy atom.